The summed E-state index contributed by atoms with van der Waals surface area (Å²) < 4.78 is 63.0. The first-order valence-electron chi connectivity index (χ1n) is 13.2. The van der Waals surface area contributed by atoms with Gasteiger partial charge in [0.05, 0.1) is 13.2 Å². The third kappa shape index (κ3) is 9.52. The molecule has 0 spiro atoms. The Labute approximate surface area is 232 Å². The molecule has 0 fully saturated rings. The Kier molecular flexibility index (Phi) is 11.3. The van der Waals surface area contributed by atoms with Gasteiger partial charge in [-0.15, -0.1) is 0 Å². The van der Waals surface area contributed by atoms with Crippen LogP contribution in [0.3, 0.4) is 0 Å². The highest BCUT2D eigenvalue weighted by Gasteiger charge is 2.25. The van der Waals surface area contributed by atoms with Crippen molar-refractivity contribution in [1.82, 2.24) is 0 Å². The lowest BCUT2D eigenvalue weighted by molar-refractivity contribution is -0.139. The smallest absolute Gasteiger partial charge is 0.389 e. The van der Waals surface area contributed by atoms with Gasteiger partial charge in [0.1, 0.15) is 18.2 Å². The minimum Gasteiger partial charge on any atom is -0.491 e. The van der Waals surface area contributed by atoms with Crippen LogP contribution in [-0.2, 0) is 22.4 Å². The minimum atomic E-state index is -4.13. The van der Waals surface area contributed by atoms with E-state index in [2.05, 4.69) is 6.58 Å². The average Bonchev–Trinajstić information content (AvgIpc) is 2.92. The third-order valence-corrected chi connectivity index (χ3v) is 6.32. The molecule has 1 N–H and O–H groups in total. The monoisotopic (exact) mass is 558 g/mol. The molecule has 0 saturated heterocycles. The maximum atomic E-state index is 15.3. The minimum absolute atomic E-state index is 0.0939. The highest BCUT2D eigenvalue weighted by Crippen LogP contribution is 2.32. The fraction of sp³-hybridized carbons (Fsp3) is 0.344. The summed E-state index contributed by atoms with van der Waals surface area (Å²) in [6.45, 7) is 5.31. The van der Waals surface area contributed by atoms with Gasteiger partial charge in [-0.3, -0.25) is 0 Å². The van der Waals surface area contributed by atoms with E-state index in [0.29, 0.717) is 53.7 Å². The van der Waals surface area contributed by atoms with E-state index in [0.717, 1.165) is 16.7 Å². The molecule has 3 rings (SSSR count). The fourth-order valence-electron chi connectivity index (χ4n) is 4.24. The number of aryl methyl sites for hydroxylation is 2. The van der Waals surface area contributed by atoms with E-state index in [1.165, 1.54) is 6.07 Å². The molecular formula is C32H34F4O4. The number of carbonyl (C=O) groups is 1. The van der Waals surface area contributed by atoms with Gasteiger partial charge in [0.25, 0.3) is 0 Å². The van der Waals surface area contributed by atoms with Gasteiger partial charge in [-0.2, -0.15) is 13.2 Å². The lowest BCUT2D eigenvalue weighted by Crippen LogP contribution is -2.08. The summed E-state index contributed by atoms with van der Waals surface area (Å²) in [6, 6.07) is 17.7. The largest absolute Gasteiger partial charge is 0.491 e. The number of benzene rings is 3. The van der Waals surface area contributed by atoms with E-state index < -0.39 is 24.4 Å². The third-order valence-electron chi connectivity index (χ3n) is 6.32. The van der Waals surface area contributed by atoms with Crippen molar-refractivity contribution in [3.63, 3.8) is 0 Å². The van der Waals surface area contributed by atoms with Crippen LogP contribution in [0.1, 0.15) is 43.7 Å². The van der Waals surface area contributed by atoms with Gasteiger partial charge >= 0.3 is 12.1 Å². The van der Waals surface area contributed by atoms with Gasteiger partial charge in [0.15, 0.2) is 0 Å². The van der Waals surface area contributed by atoms with Crippen molar-refractivity contribution in [3.8, 4) is 28.0 Å². The Hall–Kier alpha value is -3.65. The summed E-state index contributed by atoms with van der Waals surface area (Å²) in [5.41, 5.74) is 4.62. The quantitative estimate of drug-likeness (QED) is 0.0947. The van der Waals surface area contributed by atoms with Gasteiger partial charge in [0.2, 0.25) is 0 Å². The Morgan fingerprint density at radius 3 is 2.23 bits per heavy atom. The first-order chi connectivity index (χ1) is 19.1. The Morgan fingerprint density at radius 1 is 0.875 bits per heavy atom. The molecule has 3 aromatic rings. The van der Waals surface area contributed by atoms with Crippen LogP contribution < -0.4 is 4.74 Å². The van der Waals surface area contributed by atoms with E-state index in [-0.39, 0.29) is 26.2 Å². The van der Waals surface area contributed by atoms with Crippen molar-refractivity contribution in [2.24, 2.45) is 0 Å². The molecule has 0 aliphatic heterocycles. The molecule has 0 aliphatic carbocycles. The van der Waals surface area contributed by atoms with Gasteiger partial charge in [-0.25, -0.2) is 9.18 Å². The van der Waals surface area contributed by atoms with Crippen LogP contribution in [0.4, 0.5) is 17.6 Å². The average molecular weight is 559 g/mol. The Balaban J connectivity index is 1.70. The fourth-order valence-corrected chi connectivity index (χ4v) is 4.24. The predicted molar refractivity (Wildman–Crippen MR) is 148 cm³/mol. The second-order valence-corrected chi connectivity index (χ2v) is 9.63. The summed E-state index contributed by atoms with van der Waals surface area (Å²) in [5.74, 6) is -0.290. The van der Waals surface area contributed by atoms with E-state index in [1.807, 2.05) is 36.4 Å². The zero-order chi connectivity index (χ0) is 29.1. The molecular weight excluding hydrogens is 524 g/mol. The molecule has 0 radical (unpaired) electrons. The molecule has 40 heavy (non-hydrogen) atoms. The lowest BCUT2D eigenvalue weighted by Gasteiger charge is -2.14. The number of hydrogen-bond donors (Lipinski definition) is 1. The van der Waals surface area contributed by atoms with Crippen LogP contribution in [0.15, 0.2) is 72.8 Å². The summed E-state index contributed by atoms with van der Waals surface area (Å²) >= 11 is 0. The molecule has 0 atom stereocenters. The van der Waals surface area contributed by atoms with Crippen LogP contribution in [-0.4, -0.2) is 37.1 Å². The maximum absolute atomic E-state index is 15.3. The number of aliphatic hydroxyl groups is 1. The molecule has 214 valence electrons. The topological polar surface area (TPSA) is 55.8 Å². The second-order valence-electron chi connectivity index (χ2n) is 9.63. The van der Waals surface area contributed by atoms with Gasteiger partial charge in [-0.05, 0) is 85.0 Å². The molecule has 0 aliphatic rings. The normalized spacial score (nSPS) is 11.3. The number of unbranched alkanes of at least 4 members (excludes halogenated alkanes) is 1. The SMILES string of the molecule is C=C(C)C(=O)OCCCc1cc(-c2ccc(-c3ccc(CCCCC(F)(F)F)cc3)cc2F)ccc1OCCO. The van der Waals surface area contributed by atoms with Crippen LogP contribution in [0.5, 0.6) is 5.75 Å². The van der Waals surface area contributed by atoms with Gasteiger partial charge in [-0.1, -0.05) is 49.0 Å². The number of hydrogen-bond acceptors (Lipinski definition) is 4. The summed E-state index contributed by atoms with van der Waals surface area (Å²) in [4.78, 5) is 11.6. The first-order valence-corrected chi connectivity index (χ1v) is 13.2. The number of carbonyl (C=O) groups excluding carboxylic acids is 1. The highest BCUT2D eigenvalue weighted by atomic mass is 19.4. The number of halogens is 4. The zero-order valence-electron chi connectivity index (χ0n) is 22.5. The summed E-state index contributed by atoms with van der Waals surface area (Å²) in [7, 11) is 0. The molecule has 0 bridgehead atoms. The molecule has 0 amide bonds. The first kappa shape index (κ1) is 30.9. The molecule has 0 aromatic heterocycles. The maximum Gasteiger partial charge on any atom is 0.389 e. The van der Waals surface area contributed by atoms with Gasteiger partial charge in [0, 0.05) is 17.6 Å². The van der Waals surface area contributed by atoms with Crippen molar-refractivity contribution in [2.45, 2.75) is 51.6 Å². The lowest BCUT2D eigenvalue weighted by atomic mass is 9.96. The molecule has 0 unspecified atom stereocenters. The summed E-state index contributed by atoms with van der Waals surface area (Å²) in [5, 5.41) is 9.15. The van der Waals surface area contributed by atoms with Crippen molar-refractivity contribution in [1.29, 1.82) is 0 Å². The van der Waals surface area contributed by atoms with E-state index >= 15 is 4.39 Å². The van der Waals surface area contributed by atoms with Crippen molar-refractivity contribution in [3.05, 3.63) is 89.8 Å². The second kappa shape index (κ2) is 14.7. The molecule has 0 saturated carbocycles. The number of aliphatic hydroxyl groups excluding tert-OH is 1. The van der Waals surface area contributed by atoms with Crippen LogP contribution in [0, 0.1) is 5.82 Å². The number of ether oxygens (including phenoxy) is 2. The standard InChI is InChI=1S/C32H34F4O4/c1-22(2)31(38)40-18-5-7-27-20-26(13-15-30(27)39-19-17-37)28-14-12-25(21-29(28)33)24-10-8-23(9-11-24)6-3-4-16-32(34,35)36/h8-15,20-21,37H,1,3-7,16-19H2,2H3. The molecule has 4 nitrogen and oxygen atoms in total. The van der Waals surface area contributed by atoms with Crippen LogP contribution >= 0.6 is 0 Å². The number of esters is 1. The highest BCUT2D eigenvalue weighted by molar-refractivity contribution is 5.86. The molecule has 8 heteroatoms. The van der Waals surface area contributed by atoms with Gasteiger partial charge < -0.3 is 14.6 Å². The van der Waals surface area contributed by atoms with E-state index in [4.69, 9.17) is 14.6 Å². The van der Waals surface area contributed by atoms with Crippen molar-refractivity contribution < 1.29 is 36.9 Å². The van der Waals surface area contributed by atoms with E-state index in [9.17, 15) is 18.0 Å². The number of alkyl halides is 3. The molecule has 0 heterocycles. The van der Waals surface area contributed by atoms with E-state index in [1.54, 1.807) is 25.1 Å². The predicted octanol–water partition coefficient (Wildman–Crippen LogP) is 7.86. The van der Waals surface area contributed by atoms with Crippen LogP contribution in [0.25, 0.3) is 22.3 Å². The Bertz CT molecular complexity index is 1280. The van der Waals surface area contributed by atoms with Crippen LogP contribution in [0.2, 0.25) is 0 Å². The number of rotatable bonds is 14. The molecule has 3 aromatic carbocycles. The summed E-state index contributed by atoms with van der Waals surface area (Å²) in [6.07, 6.45) is -2.76. The zero-order valence-corrected chi connectivity index (χ0v) is 22.5. The Morgan fingerprint density at radius 2 is 1.57 bits per heavy atom. The van der Waals surface area contributed by atoms with Crippen molar-refractivity contribution in [2.75, 3.05) is 19.8 Å². The van der Waals surface area contributed by atoms with Crippen molar-refractivity contribution >= 4 is 5.97 Å².